The highest BCUT2D eigenvalue weighted by Crippen LogP contribution is 2.34. The first-order valence-electron chi connectivity index (χ1n) is 9.22. The van der Waals surface area contributed by atoms with Crippen molar-refractivity contribution in [3.63, 3.8) is 0 Å². The molecule has 1 atom stereocenters. The second kappa shape index (κ2) is 10.4. The number of ether oxygens (including phenoxy) is 2. The van der Waals surface area contributed by atoms with Gasteiger partial charge in [-0.15, -0.1) is 21.5 Å². The number of aromatic nitrogens is 3. The fourth-order valence-electron chi connectivity index (χ4n) is 2.75. The fourth-order valence-corrected chi connectivity index (χ4v) is 4.59. The van der Waals surface area contributed by atoms with E-state index in [0.717, 1.165) is 22.2 Å². The zero-order chi connectivity index (χ0) is 22.4. The number of aryl methyl sites for hydroxylation is 1. The number of anilines is 2. The number of thiophene rings is 1. The van der Waals surface area contributed by atoms with Crippen LogP contribution in [0.4, 0.5) is 10.9 Å². The van der Waals surface area contributed by atoms with Crippen molar-refractivity contribution in [2.24, 2.45) is 0 Å². The largest absolute Gasteiger partial charge is 0.465 e. The molecule has 0 bridgehead atoms. The molecule has 2 aromatic rings. The number of esters is 2. The first kappa shape index (κ1) is 23.7. The Morgan fingerprint density at radius 1 is 1.27 bits per heavy atom. The van der Waals surface area contributed by atoms with E-state index in [-0.39, 0.29) is 24.2 Å². The highest BCUT2D eigenvalue weighted by Gasteiger charge is 2.28. The van der Waals surface area contributed by atoms with E-state index in [9.17, 15) is 14.4 Å². The van der Waals surface area contributed by atoms with E-state index >= 15 is 0 Å². The van der Waals surface area contributed by atoms with E-state index in [4.69, 9.17) is 15.2 Å². The van der Waals surface area contributed by atoms with Crippen LogP contribution in [0.1, 0.15) is 47.1 Å². The molecule has 2 rings (SSSR count). The van der Waals surface area contributed by atoms with Gasteiger partial charge in [0.25, 0.3) is 0 Å². The van der Waals surface area contributed by atoms with Crippen LogP contribution < -0.4 is 11.1 Å². The molecule has 0 aliphatic rings. The number of amides is 1. The molecule has 0 aliphatic carbocycles. The highest BCUT2D eigenvalue weighted by atomic mass is 32.2. The fraction of sp³-hybridized carbons (Fsp3) is 0.500. The van der Waals surface area contributed by atoms with Crippen molar-refractivity contribution in [3.05, 3.63) is 16.0 Å². The van der Waals surface area contributed by atoms with Crippen molar-refractivity contribution in [2.75, 3.05) is 30.5 Å². The van der Waals surface area contributed by atoms with Crippen LogP contribution >= 0.6 is 23.1 Å². The quantitative estimate of drug-likeness (QED) is 0.431. The molecule has 0 radical (unpaired) electrons. The van der Waals surface area contributed by atoms with Crippen molar-refractivity contribution < 1.29 is 23.9 Å². The summed E-state index contributed by atoms with van der Waals surface area (Å²) in [5.74, 6) is -1.24. The number of hydrogen-bond acceptors (Lipinski definition) is 10. The van der Waals surface area contributed by atoms with Crippen LogP contribution in [0.5, 0.6) is 0 Å². The van der Waals surface area contributed by atoms with E-state index in [1.807, 2.05) is 13.8 Å². The molecule has 3 N–H and O–H groups in total. The maximum Gasteiger partial charge on any atom is 0.341 e. The molecule has 2 heterocycles. The summed E-state index contributed by atoms with van der Waals surface area (Å²) in [5, 5.41) is 11.4. The van der Waals surface area contributed by atoms with Gasteiger partial charge in [0, 0.05) is 4.88 Å². The van der Waals surface area contributed by atoms with Crippen LogP contribution in [0.25, 0.3) is 0 Å². The predicted molar refractivity (Wildman–Crippen MR) is 115 cm³/mol. The summed E-state index contributed by atoms with van der Waals surface area (Å²) >= 11 is 2.38. The maximum absolute atomic E-state index is 13.1. The number of nitrogens with zero attached hydrogens (tertiary/aromatic N) is 3. The first-order chi connectivity index (χ1) is 14.2. The van der Waals surface area contributed by atoms with Gasteiger partial charge in [0.15, 0.2) is 5.16 Å². The van der Waals surface area contributed by atoms with Crippen molar-refractivity contribution in [1.82, 2.24) is 14.8 Å². The van der Waals surface area contributed by atoms with Gasteiger partial charge < -0.3 is 20.5 Å². The zero-order valence-corrected chi connectivity index (χ0v) is 19.1. The molecule has 164 valence electrons. The van der Waals surface area contributed by atoms with Crippen molar-refractivity contribution in [1.29, 1.82) is 0 Å². The molecule has 0 saturated carbocycles. The Morgan fingerprint density at radius 3 is 2.57 bits per heavy atom. The Bertz CT molecular complexity index is 940. The molecule has 0 saturated heterocycles. The standard InChI is InChI=1S/C18H25N5O5S2/c1-6-11(23-17(19)21-22-18(23)29-8-12(24)28-7-2)14(25)20-15-13(16(26)27-5)9(3)10(4)30-15/h11H,6-8H2,1-5H3,(H2,19,21)(H,20,25). The minimum Gasteiger partial charge on any atom is -0.465 e. The third-order valence-corrected chi connectivity index (χ3v) is 6.37. The number of nitrogens with two attached hydrogens (primary N) is 1. The summed E-state index contributed by atoms with van der Waals surface area (Å²) in [6.07, 6.45) is 0.387. The van der Waals surface area contributed by atoms with Crippen LogP contribution in [-0.4, -0.2) is 52.1 Å². The molecule has 0 aliphatic heterocycles. The second-order valence-corrected chi connectivity index (χ2v) is 8.36. The molecule has 10 nitrogen and oxygen atoms in total. The molecule has 12 heteroatoms. The lowest BCUT2D eigenvalue weighted by Crippen LogP contribution is -2.27. The van der Waals surface area contributed by atoms with Gasteiger partial charge in [-0.1, -0.05) is 18.7 Å². The highest BCUT2D eigenvalue weighted by molar-refractivity contribution is 7.99. The van der Waals surface area contributed by atoms with Crippen LogP contribution in [0.3, 0.4) is 0 Å². The molecular formula is C18H25N5O5S2. The van der Waals surface area contributed by atoms with E-state index in [0.29, 0.717) is 22.1 Å². The Balaban J connectivity index is 2.28. The number of carbonyl (C=O) groups is 3. The number of hydrogen-bond donors (Lipinski definition) is 2. The molecule has 0 fully saturated rings. The summed E-state index contributed by atoms with van der Waals surface area (Å²) in [7, 11) is 1.29. The Morgan fingerprint density at radius 2 is 1.97 bits per heavy atom. The minimum atomic E-state index is -0.738. The summed E-state index contributed by atoms with van der Waals surface area (Å²) in [4.78, 5) is 37.8. The lowest BCUT2D eigenvalue weighted by Gasteiger charge is -2.19. The number of thioether (sulfide) groups is 1. The average Bonchev–Trinajstić information content (AvgIpc) is 3.20. The van der Waals surface area contributed by atoms with Gasteiger partial charge in [0.05, 0.1) is 25.0 Å². The van der Waals surface area contributed by atoms with E-state index < -0.39 is 18.0 Å². The predicted octanol–water partition coefficient (Wildman–Crippen LogP) is 2.57. The topological polar surface area (TPSA) is 138 Å². The Labute approximate surface area is 182 Å². The lowest BCUT2D eigenvalue weighted by molar-refractivity contribution is -0.139. The third kappa shape index (κ3) is 5.11. The smallest absolute Gasteiger partial charge is 0.341 e. The summed E-state index contributed by atoms with van der Waals surface area (Å²) in [6, 6.07) is -0.738. The van der Waals surface area contributed by atoms with Gasteiger partial charge in [0.1, 0.15) is 11.0 Å². The molecule has 0 spiro atoms. The lowest BCUT2D eigenvalue weighted by atomic mass is 10.1. The van der Waals surface area contributed by atoms with Gasteiger partial charge in [-0.25, -0.2) is 4.79 Å². The number of nitrogen functional groups attached to an aromatic ring is 1. The summed E-state index contributed by atoms with van der Waals surface area (Å²) in [5.41, 5.74) is 7.04. The molecule has 30 heavy (non-hydrogen) atoms. The number of carbonyl (C=O) groups excluding carboxylic acids is 3. The molecule has 1 amide bonds. The molecular weight excluding hydrogens is 430 g/mol. The van der Waals surface area contributed by atoms with E-state index in [1.165, 1.54) is 23.0 Å². The maximum atomic E-state index is 13.1. The van der Waals surface area contributed by atoms with Crippen LogP contribution in [0, 0.1) is 13.8 Å². The minimum absolute atomic E-state index is 0.0137. The molecule has 1 unspecified atom stereocenters. The summed E-state index contributed by atoms with van der Waals surface area (Å²) < 4.78 is 11.2. The van der Waals surface area contributed by atoms with Gasteiger partial charge in [-0.3, -0.25) is 14.2 Å². The van der Waals surface area contributed by atoms with Gasteiger partial charge in [-0.05, 0) is 32.8 Å². The van der Waals surface area contributed by atoms with Gasteiger partial charge in [-0.2, -0.15) is 0 Å². The number of methoxy groups -OCH3 is 1. The van der Waals surface area contributed by atoms with Gasteiger partial charge in [0.2, 0.25) is 11.9 Å². The SMILES string of the molecule is CCOC(=O)CSc1nnc(N)n1C(CC)C(=O)Nc1sc(C)c(C)c1C(=O)OC. The molecule has 0 aromatic carbocycles. The zero-order valence-electron chi connectivity index (χ0n) is 17.5. The van der Waals surface area contributed by atoms with Crippen LogP contribution in [-0.2, 0) is 19.1 Å². The normalized spacial score (nSPS) is 11.8. The third-order valence-electron chi connectivity index (χ3n) is 4.33. The van der Waals surface area contributed by atoms with Gasteiger partial charge >= 0.3 is 11.9 Å². The van der Waals surface area contributed by atoms with E-state index in [1.54, 1.807) is 13.8 Å². The van der Waals surface area contributed by atoms with Crippen LogP contribution in [0.2, 0.25) is 0 Å². The van der Waals surface area contributed by atoms with E-state index in [2.05, 4.69) is 15.5 Å². The van der Waals surface area contributed by atoms with Crippen molar-refractivity contribution >= 4 is 51.9 Å². The average molecular weight is 456 g/mol. The van der Waals surface area contributed by atoms with Crippen molar-refractivity contribution in [2.45, 2.75) is 45.3 Å². The monoisotopic (exact) mass is 455 g/mol. The molecule has 2 aromatic heterocycles. The summed E-state index contributed by atoms with van der Waals surface area (Å²) in [6.45, 7) is 7.47. The number of rotatable bonds is 9. The second-order valence-electron chi connectivity index (χ2n) is 6.20. The Hall–Kier alpha value is -2.60. The Kier molecular flexibility index (Phi) is 8.24. The first-order valence-corrected chi connectivity index (χ1v) is 11.0. The number of nitrogens with one attached hydrogen (secondary N) is 1. The van der Waals surface area contributed by atoms with Crippen molar-refractivity contribution in [3.8, 4) is 0 Å². The van der Waals surface area contributed by atoms with Crippen LogP contribution in [0.15, 0.2) is 5.16 Å².